The Morgan fingerprint density at radius 3 is 2.45 bits per heavy atom. The van der Waals surface area contributed by atoms with Crippen LogP contribution >= 0.6 is 11.8 Å². The van der Waals surface area contributed by atoms with Gasteiger partial charge in [0.05, 0.1) is 11.3 Å². The summed E-state index contributed by atoms with van der Waals surface area (Å²) < 4.78 is 15.2. The van der Waals surface area contributed by atoms with E-state index in [1.54, 1.807) is 12.1 Å². The molecular formula is C22H23FN4OS. The number of rotatable bonds is 7. The lowest BCUT2D eigenvalue weighted by molar-refractivity contribution is -0.120. The zero-order valence-corrected chi connectivity index (χ0v) is 17.2. The minimum absolute atomic E-state index is 0.0950. The van der Waals surface area contributed by atoms with Crippen LogP contribution in [0.4, 0.5) is 4.39 Å². The molecule has 29 heavy (non-hydrogen) atoms. The van der Waals surface area contributed by atoms with Gasteiger partial charge in [0.2, 0.25) is 5.91 Å². The molecule has 4 rings (SSSR count). The predicted molar refractivity (Wildman–Crippen MR) is 112 cm³/mol. The van der Waals surface area contributed by atoms with Crippen molar-refractivity contribution in [2.24, 2.45) is 0 Å². The number of halogens is 1. The summed E-state index contributed by atoms with van der Waals surface area (Å²) in [6.07, 6.45) is 2.25. The topological polar surface area (TPSA) is 59.8 Å². The van der Waals surface area contributed by atoms with E-state index in [-0.39, 0.29) is 23.0 Å². The molecule has 7 heteroatoms. The summed E-state index contributed by atoms with van der Waals surface area (Å²) in [5.41, 5.74) is 1.87. The van der Waals surface area contributed by atoms with E-state index in [0.717, 1.165) is 35.1 Å². The number of benzene rings is 2. The van der Waals surface area contributed by atoms with Crippen LogP contribution < -0.4 is 5.32 Å². The molecule has 1 N–H and O–H groups in total. The number of carbonyl (C=O) groups is 1. The highest BCUT2D eigenvalue weighted by Crippen LogP contribution is 2.41. The van der Waals surface area contributed by atoms with Crippen molar-refractivity contribution in [3.8, 4) is 5.69 Å². The molecule has 0 radical (unpaired) electrons. The van der Waals surface area contributed by atoms with Crippen molar-refractivity contribution in [1.29, 1.82) is 0 Å². The monoisotopic (exact) mass is 410 g/mol. The van der Waals surface area contributed by atoms with E-state index >= 15 is 0 Å². The van der Waals surface area contributed by atoms with Gasteiger partial charge in [-0.15, -0.1) is 10.2 Å². The fourth-order valence-corrected chi connectivity index (χ4v) is 4.04. The molecule has 1 aliphatic carbocycles. The van der Waals surface area contributed by atoms with Crippen molar-refractivity contribution < 1.29 is 9.18 Å². The molecule has 0 saturated heterocycles. The summed E-state index contributed by atoms with van der Waals surface area (Å²) in [5, 5.41) is 12.2. The number of carbonyl (C=O) groups excluding carboxylic acids is 1. The van der Waals surface area contributed by atoms with Gasteiger partial charge in [-0.25, -0.2) is 4.39 Å². The third kappa shape index (κ3) is 4.50. The quantitative estimate of drug-likeness (QED) is 0.577. The Balaban J connectivity index is 1.49. The average molecular weight is 411 g/mol. The van der Waals surface area contributed by atoms with E-state index in [9.17, 15) is 9.18 Å². The molecule has 0 spiro atoms. The molecule has 2 aromatic carbocycles. The van der Waals surface area contributed by atoms with Gasteiger partial charge in [0, 0.05) is 11.6 Å². The highest BCUT2D eigenvalue weighted by molar-refractivity contribution is 8.00. The van der Waals surface area contributed by atoms with Crippen molar-refractivity contribution in [2.75, 3.05) is 0 Å². The molecule has 1 heterocycles. The SMILES string of the molecule is CC(Sc1nnc(C2CC2)n1-c1ccccc1)C(=O)NC(C)c1ccc(F)cc1. The summed E-state index contributed by atoms with van der Waals surface area (Å²) in [6.45, 7) is 3.75. The number of thioether (sulfide) groups is 1. The summed E-state index contributed by atoms with van der Waals surface area (Å²) in [6, 6.07) is 16.0. The molecule has 1 amide bonds. The van der Waals surface area contributed by atoms with Crippen molar-refractivity contribution in [1.82, 2.24) is 20.1 Å². The molecule has 5 nitrogen and oxygen atoms in total. The number of nitrogens with zero attached hydrogens (tertiary/aromatic N) is 3. The van der Waals surface area contributed by atoms with Crippen LogP contribution in [-0.4, -0.2) is 25.9 Å². The Labute approximate surface area is 173 Å². The van der Waals surface area contributed by atoms with Gasteiger partial charge < -0.3 is 5.32 Å². The molecule has 0 aliphatic heterocycles. The highest BCUT2D eigenvalue weighted by Gasteiger charge is 2.32. The van der Waals surface area contributed by atoms with Gasteiger partial charge in [0.25, 0.3) is 0 Å². The largest absolute Gasteiger partial charge is 0.349 e. The second kappa shape index (κ2) is 8.37. The van der Waals surface area contributed by atoms with Crippen LogP contribution in [-0.2, 0) is 4.79 Å². The first-order valence-electron chi connectivity index (χ1n) is 9.76. The van der Waals surface area contributed by atoms with E-state index < -0.39 is 0 Å². The van der Waals surface area contributed by atoms with Crippen LogP contribution in [0.3, 0.4) is 0 Å². The summed E-state index contributed by atoms with van der Waals surface area (Å²) in [5.74, 6) is 1.02. The van der Waals surface area contributed by atoms with Crippen molar-refractivity contribution in [3.05, 3.63) is 71.8 Å². The molecule has 1 aliphatic rings. The average Bonchev–Trinajstić information content (AvgIpc) is 3.49. The zero-order chi connectivity index (χ0) is 20.4. The number of para-hydroxylation sites is 1. The Morgan fingerprint density at radius 2 is 1.79 bits per heavy atom. The molecule has 0 bridgehead atoms. The second-order valence-corrected chi connectivity index (χ2v) is 8.64. The van der Waals surface area contributed by atoms with Crippen molar-refractivity contribution in [3.63, 3.8) is 0 Å². The number of hydrogen-bond donors (Lipinski definition) is 1. The third-order valence-electron chi connectivity index (χ3n) is 5.00. The van der Waals surface area contributed by atoms with Crippen LogP contribution in [0.15, 0.2) is 59.8 Å². The predicted octanol–water partition coefficient (Wildman–Crippen LogP) is 4.64. The van der Waals surface area contributed by atoms with E-state index in [4.69, 9.17) is 0 Å². The Bertz CT molecular complexity index is 986. The maximum Gasteiger partial charge on any atom is 0.233 e. The molecule has 1 saturated carbocycles. The third-order valence-corrected chi connectivity index (χ3v) is 6.04. The lowest BCUT2D eigenvalue weighted by atomic mass is 10.1. The van der Waals surface area contributed by atoms with Crippen LogP contribution in [0.5, 0.6) is 0 Å². The van der Waals surface area contributed by atoms with Crippen LogP contribution in [0, 0.1) is 5.82 Å². The van der Waals surface area contributed by atoms with Crippen LogP contribution in [0.2, 0.25) is 0 Å². The zero-order valence-electron chi connectivity index (χ0n) is 16.4. The van der Waals surface area contributed by atoms with Crippen LogP contribution in [0.25, 0.3) is 5.69 Å². The number of aromatic nitrogens is 3. The molecule has 1 aromatic heterocycles. The summed E-state index contributed by atoms with van der Waals surface area (Å²) in [7, 11) is 0. The number of nitrogens with one attached hydrogen (secondary N) is 1. The van der Waals surface area contributed by atoms with E-state index in [1.807, 2.05) is 44.2 Å². The number of hydrogen-bond acceptors (Lipinski definition) is 4. The van der Waals surface area contributed by atoms with Gasteiger partial charge in [-0.1, -0.05) is 42.1 Å². The highest BCUT2D eigenvalue weighted by atomic mass is 32.2. The number of amides is 1. The Morgan fingerprint density at radius 1 is 1.10 bits per heavy atom. The molecule has 1 fully saturated rings. The molecule has 2 atom stereocenters. The minimum Gasteiger partial charge on any atom is -0.349 e. The first kappa shape index (κ1) is 19.6. The molecule has 150 valence electrons. The van der Waals surface area contributed by atoms with Gasteiger partial charge in [-0.2, -0.15) is 0 Å². The first-order valence-corrected chi connectivity index (χ1v) is 10.6. The van der Waals surface area contributed by atoms with E-state index in [0.29, 0.717) is 5.92 Å². The summed E-state index contributed by atoms with van der Waals surface area (Å²) in [4.78, 5) is 12.7. The van der Waals surface area contributed by atoms with Crippen LogP contribution in [0.1, 0.15) is 50.0 Å². The Hall–Kier alpha value is -2.67. The lowest BCUT2D eigenvalue weighted by Gasteiger charge is -2.18. The standard InChI is InChI=1S/C22H23FN4OS/c1-14(16-10-12-18(23)13-11-16)24-21(28)15(2)29-22-26-25-20(17-8-9-17)27(22)19-6-4-3-5-7-19/h3-7,10-15,17H,8-9H2,1-2H3,(H,24,28). The minimum atomic E-state index is -0.350. The fraction of sp³-hybridized carbons (Fsp3) is 0.318. The van der Waals surface area contributed by atoms with Crippen molar-refractivity contribution >= 4 is 17.7 Å². The normalized spacial score (nSPS) is 15.7. The fourth-order valence-electron chi connectivity index (χ4n) is 3.16. The second-order valence-electron chi connectivity index (χ2n) is 7.33. The lowest BCUT2D eigenvalue weighted by Crippen LogP contribution is -2.33. The summed E-state index contributed by atoms with van der Waals surface area (Å²) >= 11 is 1.40. The van der Waals surface area contributed by atoms with Gasteiger partial charge in [0.1, 0.15) is 11.6 Å². The van der Waals surface area contributed by atoms with Crippen molar-refractivity contribution in [2.45, 2.75) is 49.1 Å². The maximum absolute atomic E-state index is 13.1. The molecule has 2 unspecified atom stereocenters. The van der Waals surface area contributed by atoms with E-state index in [2.05, 4.69) is 20.1 Å². The first-order chi connectivity index (χ1) is 14.0. The molecule has 3 aromatic rings. The Kier molecular flexibility index (Phi) is 5.67. The van der Waals surface area contributed by atoms with Gasteiger partial charge >= 0.3 is 0 Å². The molecular weight excluding hydrogens is 387 g/mol. The smallest absolute Gasteiger partial charge is 0.233 e. The van der Waals surface area contributed by atoms with Gasteiger partial charge in [-0.05, 0) is 56.5 Å². The van der Waals surface area contributed by atoms with Gasteiger partial charge in [0.15, 0.2) is 5.16 Å². The van der Waals surface area contributed by atoms with Gasteiger partial charge in [-0.3, -0.25) is 9.36 Å². The maximum atomic E-state index is 13.1. The van der Waals surface area contributed by atoms with E-state index in [1.165, 1.54) is 23.9 Å².